The maximum atomic E-state index is 5.52. The van der Waals surface area contributed by atoms with Crippen LogP contribution in [0.3, 0.4) is 0 Å². The highest BCUT2D eigenvalue weighted by Gasteiger charge is 2.41. The molecular formula is C16H25NO. The van der Waals surface area contributed by atoms with Gasteiger partial charge in [0.25, 0.3) is 0 Å². The molecular weight excluding hydrogens is 222 g/mol. The van der Waals surface area contributed by atoms with Gasteiger partial charge in [0, 0.05) is 6.04 Å². The molecule has 0 radical (unpaired) electrons. The van der Waals surface area contributed by atoms with Crippen LogP contribution in [0.4, 0.5) is 0 Å². The lowest BCUT2D eigenvalue weighted by atomic mass is 9.64. The first-order chi connectivity index (χ1) is 8.71. The van der Waals surface area contributed by atoms with Crippen molar-refractivity contribution >= 4 is 0 Å². The van der Waals surface area contributed by atoms with Gasteiger partial charge in [-0.2, -0.15) is 0 Å². The summed E-state index contributed by atoms with van der Waals surface area (Å²) >= 11 is 0. The van der Waals surface area contributed by atoms with E-state index in [4.69, 9.17) is 4.74 Å². The van der Waals surface area contributed by atoms with Gasteiger partial charge in [0.2, 0.25) is 0 Å². The van der Waals surface area contributed by atoms with Gasteiger partial charge in [0.1, 0.15) is 5.75 Å². The van der Waals surface area contributed by atoms with Gasteiger partial charge in [-0.1, -0.05) is 38.0 Å². The lowest BCUT2D eigenvalue weighted by Crippen LogP contribution is -2.48. The first kappa shape index (κ1) is 13.4. The molecule has 1 fully saturated rings. The van der Waals surface area contributed by atoms with Crippen molar-refractivity contribution in [3.05, 3.63) is 29.3 Å². The second-order valence-electron chi connectivity index (χ2n) is 5.32. The van der Waals surface area contributed by atoms with E-state index in [1.54, 1.807) is 7.11 Å². The molecule has 1 aromatic carbocycles. The summed E-state index contributed by atoms with van der Waals surface area (Å²) in [4.78, 5) is 0. The molecule has 1 aromatic rings. The van der Waals surface area contributed by atoms with E-state index in [1.165, 1.54) is 24.0 Å². The monoisotopic (exact) mass is 247 g/mol. The molecule has 2 nitrogen and oxygen atoms in total. The average molecular weight is 247 g/mol. The molecule has 1 saturated carbocycles. The Morgan fingerprint density at radius 1 is 1.33 bits per heavy atom. The van der Waals surface area contributed by atoms with E-state index in [-0.39, 0.29) is 0 Å². The van der Waals surface area contributed by atoms with Crippen molar-refractivity contribution in [3.8, 4) is 5.75 Å². The predicted octanol–water partition coefficient (Wildman–Crippen LogP) is 3.50. The van der Waals surface area contributed by atoms with E-state index >= 15 is 0 Å². The molecule has 3 unspecified atom stereocenters. The van der Waals surface area contributed by atoms with Crippen LogP contribution >= 0.6 is 0 Å². The van der Waals surface area contributed by atoms with Crippen molar-refractivity contribution in [2.24, 2.45) is 5.92 Å². The van der Waals surface area contributed by atoms with Crippen LogP contribution < -0.4 is 10.1 Å². The highest BCUT2D eigenvalue weighted by Crippen LogP contribution is 2.47. The number of nitrogens with one attached hydrogen (secondary N) is 1. The predicted molar refractivity (Wildman–Crippen MR) is 76.3 cm³/mol. The van der Waals surface area contributed by atoms with Gasteiger partial charge in [0.15, 0.2) is 0 Å². The Hall–Kier alpha value is -1.02. The molecule has 0 aromatic heterocycles. The summed E-state index contributed by atoms with van der Waals surface area (Å²) in [6, 6.07) is 7.23. The van der Waals surface area contributed by atoms with Crippen LogP contribution in [0.2, 0.25) is 0 Å². The molecule has 1 N–H and O–H groups in total. The van der Waals surface area contributed by atoms with E-state index in [1.807, 2.05) is 0 Å². The molecule has 100 valence electrons. The van der Waals surface area contributed by atoms with Crippen molar-refractivity contribution in [2.75, 3.05) is 13.7 Å². The zero-order chi connectivity index (χ0) is 13.1. The summed E-state index contributed by atoms with van der Waals surface area (Å²) in [6.07, 6.45) is 2.48. The van der Waals surface area contributed by atoms with Gasteiger partial charge in [-0.05, 0) is 43.4 Å². The standard InChI is InChI=1S/C16H25NO/c1-5-12-13(10-15(12)17-6-2)14-9-11(3)7-8-16(14)18-4/h7-9,12-13,15,17H,5-6,10H2,1-4H3. The van der Waals surface area contributed by atoms with E-state index in [9.17, 15) is 0 Å². The number of benzene rings is 1. The third-order valence-electron chi connectivity index (χ3n) is 4.26. The molecule has 0 aliphatic heterocycles. The zero-order valence-electron chi connectivity index (χ0n) is 12.0. The smallest absolute Gasteiger partial charge is 0.122 e. The summed E-state index contributed by atoms with van der Waals surface area (Å²) in [5.74, 6) is 2.47. The second kappa shape index (κ2) is 5.75. The number of methoxy groups -OCH3 is 1. The molecule has 3 atom stereocenters. The van der Waals surface area contributed by atoms with Crippen molar-refractivity contribution in [1.29, 1.82) is 0 Å². The van der Waals surface area contributed by atoms with E-state index < -0.39 is 0 Å². The van der Waals surface area contributed by atoms with Crippen molar-refractivity contribution in [2.45, 2.75) is 45.6 Å². The molecule has 18 heavy (non-hydrogen) atoms. The van der Waals surface area contributed by atoms with Gasteiger partial charge in [-0.15, -0.1) is 0 Å². The van der Waals surface area contributed by atoms with Crippen LogP contribution in [0.15, 0.2) is 18.2 Å². The third kappa shape index (κ3) is 2.39. The van der Waals surface area contributed by atoms with E-state index in [0.29, 0.717) is 12.0 Å². The number of ether oxygens (including phenoxy) is 1. The third-order valence-corrected chi connectivity index (χ3v) is 4.26. The topological polar surface area (TPSA) is 21.3 Å². The summed E-state index contributed by atoms with van der Waals surface area (Å²) in [7, 11) is 1.77. The minimum Gasteiger partial charge on any atom is -0.496 e. The quantitative estimate of drug-likeness (QED) is 0.860. The van der Waals surface area contributed by atoms with Crippen LogP contribution in [0.1, 0.15) is 43.7 Å². The maximum Gasteiger partial charge on any atom is 0.122 e. The fraction of sp³-hybridized carbons (Fsp3) is 0.625. The zero-order valence-corrected chi connectivity index (χ0v) is 12.0. The van der Waals surface area contributed by atoms with Crippen molar-refractivity contribution in [1.82, 2.24) is 5.32 Å². The molecule has 2 rings (SSSR count). The van der Waals surface area contributed by atoms with Crippen LogP contribution in [0.5, 0.6) is 5.75 Å². The van der Waals surface area contributed by atoms with E-state index in [0.717, 1.165) is 18.2 Å². The lowest BCUT2D eigenvalue weighted by Gasteiger charge is -2.45. The Kier molecular flexibility index (Phi) is 4.28. The normalized spacial score (nSPS) is 26.8. The molecule has 0 heterocycles. The number of hydrogen-bond acceptors (Lipinski definition) is 2. The number of aryl methyl sites for hydroxylation is 1. The molecule has 1 aliphatic carbocycles. The highest BCUT2D eigenvalue weighted by molar-refractivity contribution is 5.41. The molecule has 0 bridgehead atoms. The first-order valence-electron chi connectivity index (χ1n) is 7.09. The SMILES string of the molecule is CCNC1CC(c2cc(C)ccc2OC)C1CC. The number of hydrogen-bond donors (Lipinski definition) is 1. The Morgan fingerprint density at radius 3 is 2.72 bits per heavy atom. The molecule has 0 amide bonds. The van der Waals surface area contributed by atoms with Gasteiger partial charge >= 0.3 is 0 Å². The van der Waals surface area contributed by atoms with Crippen LogP contribution in [0, 0.1) is 12.8 Å². The fourth-order valence-corrected chi connectivity index (χ4v) is 3.27. The van der Waals surface area contributed by atoms with Gasteiger partial charge in [-0.3, -0.25) is 0 Å². The van der Waals surface area contributed by atoms with Crippen LogP contribution in [-0.4, -0.2) is 19.7 Å². The summed E-state index contributed by atoms with van der Waals surface area (Å²) < 4.78 is 5.52. The van der Waals surface area contributed by atoms with E-state index in [2.05, 4.69) is 44.3 Å². The summed E-state index contributed by atoms with van der Waals surface area (Å²) in [6.45, 7) is 7.71. The Morgan fingerprint density at radius 2 is 2.11 bits per heavy atom. The first-order valence-corrected chi connectivity index (χ1v) is 7.09. The lowest BCUT2D eigenvalue weighted by molar-refractivity contribution is 0.160. The second-order valence-corrected chi connectivity index (χ2v) is 5.32. The molecule has 0 spiro atoms. The van der Waals surface area contributed by atoms with Crippen molar-refractivity contribution in [3.63, 3.8) is 0 Å². The van der Waals surface area contributed by atoms with Crippen LogP contribution in [0.25, 0.3) is 0 Å². The minimum absolute atomic E-state index is 0.661. The molecule has 0 saturated heterocycles. The molecule has 2 heteroatoms. The highest BCUT2D eigenvalue weighted by atomic mass is 16.5. The van der Waals surface area contributed by atoms with Gasteiger partial charge in [-0.25, -0.2) is 0 Å². The Bertz CT molecular complexity index is 402. The largest absolute Gasteiger partial charge is 0.496 e. The Balaban J connectivity index is 2.19. The molecule has 1 aliphatic rings. The van der Waals surface area contributed by atoms with Crippen molar-refractivity contribution < 1.29 is 4.74 Å². The van der Waals surface area contributed by atoms with Gasteiger partial charge < -0.3 is 10.1 Å². The Labute approximate surface area is 111 Å². The number of rotatable bonds is 5. The summed E-state index contributed by atoms with van der Waals surface area (Å²) in [5, 5.41) is 3.59. The maximum absolute atomic E-state index is 5.52. The average Bonchev–Trinajstić information content (AvgIpc) is 2.34. The minimum atomic E-state index is 0.661. The summed E-state index contributed by atoms with van der Waals surface area (Å²) in [5.41, 5.74) is 2.73. The van der Waals surface area contributed by atoms with Crippen LogP contribution in [-0.2, 0) is 0 Å². The fourth-order valence-electron chi connectivity index (χ4n) is 3.27. The van der Waals surface area contributed by atoms with Gasteiger partial charge in [0.05, 0.1) is 7.11 Å².